The summed E-state index contributed by atoms with van der Waals surface area (Å²) in [6, 6.07) is 4.20. The van der Waals surface area contributed by atoms with Gasteiger partial charge in [0.25, 0.3) is 5.79 Å². The highest BCUT2D eigenvalue weighted by molar-refractivity contribution is 5.90. The Morgan fingerprint density at radius 2 is 1.43 bits per heavy atom. The van der Waals surface area contributed by atoms with Crippen molar-refractivity contribution >= 4 is 17.9 Å². The number of piperidine rings is 2. The Morgan fingerprint density at radius 1 is 0.800 bits per heavy atom. The summed E-state index contributed by atoms with van der Waals surface area (Å²) in [5.74, 6) is -5.09. The number of carbonyl (C=O) groups is 3. The van der Waals surface area contributed by atoms with Crippen molar-refractivity contribution in [2.24, 2.45) is 40.9 Å². The smallest absolute Gasteiger partial charge is 0.340 e. The second kappa shape index (κ2) is 14.5. The lowest BCUT2D eigenvalue weighted by Gasteiger charge is -2.68. The van der Waals surface area contributed by atoms with Crippen LogP contribution in [0.5, 0.6) is 11.5 Å². The summed E-state index contributed by atoms with van der Waals surface area (Å²) in [6.07, 6.45) is 0.203. The van der Waals surface area contributed by atoms with Crippen molar-refractivity contribution in [1.82, 2.24) is 4.90 Å². The minimum atomic E-state index is -2.16. The number of carbonyl (C=O) groups excluding carboxylic acids is 3. The van der Waals surface area contributed by atoms with E-state index in [1.165, 1.54) is 20.3 Å². The largest absolute Gasteiger partial charge is 0.493 e. The minimum Gasteiger partial charge on any atom is -0.493 e. The lowest BCUT2D eigenvalue weighted by atomic mass is 9.48. The summed E-state index contributed by atoms with van der Waals surface area (Å²) >= 11 is 0. The van der Waals surface area contributed by atoms with Gasteiger partial charge in [0.1, 0.15) is 28.5 Å². The molecule has 14 nitrogen and oxygen atoms in total. The Bertz CT molecular complexity index is 1890. The maximum Gasteiger partial charge on any atom is 0.340 e. The van der Waals surface area contributed by atoms with Crippen LogP contribution < -0.4 is 9.47 Å². The maximum absolute atomic E-state index is 14.5. The zero-order valence-corrected chi connectivity index (χ0v) is 36.8. The quantitative estimate of drug-likeness (QED) is 0.190. The maximum atomic E-state index is 14.5. The van der Waals surface area contributed by atoms with Crippen molar-refractivity contribution in [3.8, 4) is 11.5 Å². The minimum absolute atomic E-state index is 0.00120. The number of fused-ring (bicyclic) bond motifs is 5. The number of methoxy groups -OCH3 is 2. The number of esters is 3. The molecule has 7 aliphatic rings. The third-order valence-corrected chi connectivity index (χ3v) is 16.6. The van der Waals surface area contributed by atoms with Crippen LogP contribution in [0.25, 0.3) is 0 Å². The standard InChI is InChI=1S/C46H67NO13/c1-25(2)18-37(48)57-35-16-17-40(6)31-13-14-32-42(52)21-36(58-38(49)19-26(3)4)45(54)33(23-47-22-27(5)10-15-34(47)41(45,7)51)43(42,53)24-44(32,40)60-46(31,35)59-39(50)28-11-12-29(55-8)30(20-28)56-9/h11-12,20,25-27,31-36,51-54H,10,13-19,21-24H2,1-9H3/t27-,31-,32-,33-,34-,35-,36-,40-,41+,42+,43+,44+,45-,46-/m0/s1. The molecule has 0 amide bonds. The van der Waals surface area contributed by atoms with Crippen LogP contribution in [0.3, 0.4) is 0 Å². The molecule has 8 rings (SSSR count). The molecular formula is C46H67NO13. The second-order valence-electron chi connectivity index (χ2n) is 20.9. The normalized spacial score (nSPS) is 45.2. The first-order chi connectivity index (χ1) is 28.1. The summed E-state index contributed by atoms with van der Waals surface area (Å²) in [4.78, 5) is 43.7. The highest BCUT2D eigenvalue weighted by Crippen LogP contribution is 2.79. The number of hydrogen-bond acceptors (Lipinski definition) is 14. The number of aliphatic hydroxyl groups is 4. The molecule has 3 saturated heterocycles. The lowest BCUT2D eigenvalue weighted by Crippen LogP contribution is -2.85. The number of hydrogen-bond donors (Lipinski definition) is 4. The van der Waals surface area contributed by atoms with Gasteiger partial charge >= 0.3 is 17.9 Å². The summed E-state index contributed by atoms with van der Waals surface area (Å²) in [5.41, 5.74) is -10.1. The second-order valence-corrected chi connectivity index (χ2v) is 20.9. The van der Waals surface area contributed by atoms with Crippen LogP contribution in [0.2, 0.25) is 0 Å². The average molecular weight is 842 g/mol. The van der Waals surface area contributed by atoms with Gasteiger partial charge in [0.2, 0.25) is 0 Å². The van der Waals surface area contributed by atoms with Crippen molar-refractivity contribution in [2.75, 3.05) is 27.3 Å². The fourth-order valence-corrected chi connectivity index (χ4v) is 13.9. The van der Waals surface area contributed by atoms with E-state index in [0.29, 0.717) is 43.7 Å². The van der Waals surface area contributed by atoms with Gasteiger partial charge in [-0.25, -0.2) is 4.79 Å². The van der Waals surface area contributed by atoms with Gasteiger partial charge < -0.3 is 48.8 Å². The number of benzene rings is 1. The van der Waals surface area contributed by atoms with Crippen LogP contribution in [0, 0.1) is 40.9 Å². The fraction of sp³-hybridized carbons (Fsp3) is 0.804. The van der Waals surface area contributed by atoms with Crippen molar-refractivity contribution in [3.63, 3.8) is 0 Å². The molecule has 4 N–H and O–H groups in total. The van der Waals surface area contributed by atoms with Gasteiger partial charge in [-0.3, -0.25) is 14.5 Å². The Labute approximate surface area is 353 Å². The van der Waals surface area contributed by atoms with Crippen molar-refractivity contribution in [3.05, 3.63) is 23.8 Å². The van der Waals surface area contributed by atoms with E-state index in [2.05, 4.69) is 18.7 Å². The van der Waals surface area contributed by atoms with E-state index in [0.717, 1.165) is 6.42 Å². The first kappa shape index (κ1) is 43.6. The molecule has 7 fully saturated rings. The number of rotatable bonds is 10. The van der Waals surface area contributed by atoms with Gasteiger partial charge in [-0.05, 0) is 81.4 Å². The summed E-state index contributed by atoms with van der Waals surface area (Å²) < 4.78 is 37.5. The van der Waals surface area contributed by atoms with E-state index in [1.54, 1.807) is 19.1 Å². The number of nitrogens with zero attached hydrogens (tertiary/aromatic N) is 1. The van der Waals surface area contributed by atoms with Crippen LogP contribution in [-0.4, -0.2) is 123 Å². The Balaban J connectivity index is 1.26. The third kappa shape index (κ3) is 5.89. The summed E-state index contributed by atoms with van der Waals surface area (Å²) in [5, 5.41) is 53.3. The van der Waals surface area contributed by atoms with Gasteiger partial charge in [0.05, 0.1) is 25.4 Å². The highest BCUT2D eigenvalue weighted by atomic mass is 16.8. The van der Waals surface area contributed by atoms with Gasteiger partial charge in [0.15, 0.2) is 17.6 Å². The predicted octanol–water partition coefficient (Wildman–Crippen LogP) is 4.55. The molecule has 0 radical (unpaired) electrons. The van der Waals surface area contributed by atoms with E-state index >= 15 is 0 Å². The molecule has 1 spiro atoms. The molecule has 0 aromatic heterocycles. The molecule has 334 valence electrons. The molecule has 14 heteroatoms. The van der Waals surface area contributed by atoms with Gasteiger partial charge in [0, 0.05) is 68.0 Å². The average Bonchev–Trinajstić information content (AvgIpc) is 3.34. The van der Waals surface area contributed by atoms with Gasteiger partial charge in [-0.15, -0.1) is 0 Å². The number of ether oxygens (including phenoxy) is 6. The van der Waals surface area contributed by atoms with E-state index in [9.17, 15) is 34.8 Å². The van der Waals surface area contributed by atoms with Crippen LogP contribution in [0.15, 0.2) is 18.2 Å². The lowest BCUT2D eigenvalue weighted by molar-refractivity contribution is -0.355. The predicted molar refractivity (Wildman–Crippen MR) is 216 cm³/mol. The summed E-state index contributed by atoms with van der Waals surface area (Å²) in [7, 11) is 2.96. The zero-order chi connectivity index (χ0) is 43.6. The Hall–Kier alpha value is -3.01. The zero-order valence-electron chi connectivity index (χ0n) is 36.8. The molecular weight excluding hydrogens is 774 g/mol. The third-order valence-electron chi connectivity index (χ3n) is 16.6. The molecule has 1 aromatic rings. The summed E-state index contributed by atoms with van der Waals surface area (Å²) in [6.45, 7) is 14.1. The topological polar surface area (TPSA) is 191 Å². The Kier molecular flexibility index (Phi) is 10.6. The Morgan fingerprint density at radius 3 is 2.07 bits per heavy atom. The molecule has 3 heterocycles. The fourth-order valence-electron chi connectivity index (χ4n) is 13.9. The molecule has 3 aliphatic heterocycles. The van der Waals surface area contributed by atoms with E-state index < -0.39 is 93.1 Å². The van der Waals surface area contributed by atoms with Gasteiger partial charge in [-0.2, -0.15) is 0 Å². The molecule has 4 aliphatic carbocycles. The van der Waals surface area contributed by atoms with E-state index in [1.807, 2.05) is 27.7 Å². The van der Waals surface area contributed by atoms with Crippen LogP contribution >= 0.6 is 0 Å². The van der Waals surface area contributed by atoms with Crippen LogP contribution in [0.1, 0.15) is 123 Å². The highest BCUT2D eigenvalue weighted by Gasteiger charge is 2.90. The SMILES string of the molecule is COc1ccc(C(=O)O[C@]23O[C@]45C[C@@]6(O)[C@@H]7CN8C[C@@H](C)CC[C@H]8[C@@](C)(O)[C@@]7(O)[C@@H](OC(=O)CC(C)C)C[C@@]6(O)[C@@H]4CC[C@H]2[C@]5(C)CC[C@@H]3OC(=O)CC(C)C)cc1OC. The van der Waals surface area contributed by atoms with Crippen LogP contribution in [-0.2, 0) is 28.5 Å². The van der Waals surface area contributed by atoms with Crippen molar-refractivity contribution < 1.29 is 63.2 Å². The van der Waals surface area contributed by atoms with Crippen molar-refractivity contribution in [1.29, 1.82) is 0 Å². The molecule has 14 atom stereocenters. The molecule has 0 unspecified atom stereocenters. The molecule has 4 saturated carbocycles. The van der Waals surface area contributed by atoms with Crippen molar-refractivity contribution in [2.45, 2.75) is 165 Å². The first-order valence-electron chi connectivity index (χ1n) is 22.2. The molecule has 1 aromatic carbocycles. The van der Waals surface area contributed by atoms with Gasteiger partial charge in [-0.1, -0.05) is 41.5 Å². The molecule has 4 bridgehead atoms. The molecule has 60 heavy (non-hydrogen) atoms. The van der Waals surface area contributed by atoms with E-state index in [-0.39, 0.29) is 62.0 Å². The van der Waals surface area contributed by atoms with Crippen LogP contribution in [0.4, 0.5) is 0 Å². The first-order valence-corrected chi connectivity index (χ1v) is 22.2. The van der Waals surface area contributed by atoms with E-state index in [4.69, 9.17) is 28.4 Å². The monoisotopic (exact) mass is 841 g/mol.